The molecule has 0 spiro atoms. The van der Waals surface area contributed by atoms with Gasteiger partial charge in [-0.1, -0.05) is 117 Å². The van der Waals surface area contributed by atoms with Crippen molar-refractivity contribution in [3.8, 4) is 17.2 Å². The molecular weight excluding hydrogens is 420 g/mol. The summed E-state index contributed by atoms with van der Waals surface area (Å²) in [5.41, 5.74) is 3.66. The highest BCUT2D eigenvalue weighted by Crippen LogP contribution is 2.49. The van der Waals surface area contributed by atoms with E-state index in [2.05, 4.69) is 62.3 Å². The molecule has 0 heterocycles. The highest BCUT2D eigenvalue weighted by Gasteiger charge is 2.32. The average Bonchev–Trinajstić information content (AvgIpc) is 2.69. The maximum absolute atomic E-state index is 11.5. The molecule has 0 fully saturated rings. The molecule has 0 aliphatic heterocycles. The fraction of sp³-hybridized carbons (Fsp3) is 0.419. The van der Waals surface area contributed by atoms with Crippen LogP contribution >= 0.6 is 0 Å². The Labute approximate surface area is 205 Å². The Morgan fingerprint density at radius 3 is 0.882 bits per heavy atom. The molecule has 3 heteroatoms. The SMILES string of the molecule is CC(C)(C)c1cccc(C(c2cccc(C(C)(C)C)c2O)c2cccc(C(C)(C)C)c2O)c1O. The number of aromatic hydroxyl groups is 3. The Morgan fingerprint density at radius 1 is 0.441 bits per heavy atom. The van der Waals surface area contributed by atoms with E-state index >= 15 is 0 Å². The largest absolute Gasteiger partial charge is 0.507 e. The first kappa shape index (κ1) is 25.7. The maximum atomic E-state index is 11.5. The van der Waals surface area contributed by atoms with Crippen LogP contribution in [0.15, 0.2) is 54.6 Å². The second-order valence-electron chi connectivity index (χ2n) is 12.4. The molecule has 34 heavy (non-hydrogen) atoms. The summed E-state index contributed by atoms with van der Waals surface area (Å²) in [7, 11) is 0. The van der Waals surface area contributed by atoms with E-state index in [0.717, 1.165) is 16.7 Å². The van der Waals surface area contributed by atoms with Crippen molar-refractivity contribution >= 4 is 0 Å². The fourth-order valence-electron chi connectivity index (χ4n) is 4.70. The van der Waals surface area contributed by atoms with E-state index in [1.54, 1.807) is 0 Å². The van der Waals surface area contributed by atoms with Crippen LogP contribution in [0.2, 0.25) is 0 Å². The van der Waals surface area contributed by atoms with Crippen molar-refractivity contribution in [1.82, 2.24) is 0 Å². The molecule has 3 aromatic rings. The normalized spacial score (nSPS) is 12.9. The highest BCUT2D eigenvalue weighted by atomic mass is 16.3. The van der Waals surface area contributed by atoms with Crippen molar-refractivity contribution < 1.29 is 15.3 Å². The lowest BCUT2D eigenvalue weighted by Crippen LogP contribution is -2.16. The minimum Gasteiger partial charge on any atom is -0.507 e. The minimum absolute atomic E-state index is 0.195. The van der Waals surface area contributed by atoms with Gasteiger partial charge in [0.15, 0.2) is 0 Å². The Morgan fingerprint density at radius 2 is 0.676 bits per heavy atom. The molecule has 3 aromatic carbocycles. The van der Waals surface area contributed by atoms with Crippen LogP contribution in [-0.2, 0) is 16.2 Å². The molecule has 0 bridgehead atoms. The minimum atomic E-state index is -0.549. The number of hydrogen-bond donors (Lipinski definition) is 3. The van der Waals surface area contributed by atoms with Crippen molar-refractivity contribution in [2.45, 2.75) is 84.5 Å². The van der Waals surface area contributed by atoms with E-state index < -0.39 is 5.92 Å². The van der Waals surface area contributed by atoms with E-state index in [1.807, 2.05) is 54.6 Å². The molecule has 0 aromatic heterocycles. The maximum Gasteiger partial charge on any atom is 0.123 e. The Bertz CT molecular complexity index is 1030. The molecule has 182 valence electrons. The molecule has 0 unspecified atom stereocenters. The topological polar surface area (TPSA) is 60.7 Å². The van der Waals surface area contributed by atoms with Gasteiger partial charge in [0.1, 0.15) is 17.2 Å². The Balaban J connectivity index is 2.43. The van der Waals surface area contributed by atoms with Crippen LogP contribution in [0.3, 0.4) is 0 Å². The number of benzene rings is 3. The number of para-hydroxylation sites is 3. The zero-order valence-corrected chi connectivity index (χ0v) is 22.1. The van der Waals surface area contributed by atoms with Crippen molar-refractivity contribution in [1.29, 1.82) is 0 Å². The third kappa shape index (κ3) is 4.80. The van der Waals surface area contributed by atoms with Gasteiger partial charge in [0.25, 0.3) is 0 Å². The van der Waals surface area contributed by atoms with Gasteiger partial charge in [-0.05, 0) is 32.9 Å². The molecule has 0 saturated heterocycles. The summed E-state index contributed by atoms with van der Waals surface area (Å²) in [5.74, 6) is 0.0373. The standard InChI is InChI=1S/C31H40O3/c1-29(2,3)22-16-10-13-19(26(22)32)25(20-14-11-17-23(27(20)33)30(4,5)6)21-15-12-18-24(28(21)34)31(7,8)9/h10-18,25,32-34H,1-9H3. The molecule has 3 rings (SSSR count). The molecule has 3 nitrogen and oxygen atoms in total. The lowest BCUT2D eigenvalue weighted by molar-refractivity contribution is 0.425. The number of hydrogen-bond acceptors (Lipinski definition) is 3. The summed E-state index contributed by atoms with van der Waals surface area (Å²) >= 11 is 0. The summed E-state index contributed by atoms with van der Waals surface area (Å²) in [6.07, 6.45) is 0. The van der Waals surface area contributed by atoms with Gasteiger partial charge in [0, 0.05) is 22.6 Å². The smallest absolute Gasteiger partial charge is 0.123 e. The first-order valence-corrected chi connectivity index (χ1v) is 12.0. The summed E-state index contributed by atoms with van der Waals surface area (Å²) in [6.45, 7) is 18.6. The van der Waals surface area contributed by atoms with Gasteiger partial charge in [-0.25, -0.2) is 0 Å². The van der Waals surface area contributed by atoms with E-state index in [9.17, 15) is 15.3 Å². The summed E-state index contributed by atoms with van der Waals surface area (Å²) in [5, 5.41) is 34.5. The van der Waals surface area contributed by atoms with Crippen LogP contribution in [0.5, 0.6) is 17.2 Å². The molecule has 0 amide bonds. The van der Waals surface area contributed by atoms with Crippen LogP contribution in [0.25, 0.3) is 0 Å². The van der Waals surface area contributed by atoms with E-state index in [0.29, 0.717) is 16.7 Å². The quantitative estimate of drug-likeness (QED) is 0.348. The number of phenols is 3. The van der Waals surface area contributed by atoms with Crippen LogP contribution in [0.1, 0.15) is 102 Å². The molecule has 0 radical (unpaired) electrons. The fourth-order valence-corrected chi connectivity index (χ4v) is 4.70. The Kier molecular flexibility index (Phi) is 6.56. The van der Waals surface area contributed by atoms with Crippen LogP contribution in [0.4, 0.5) is 0 Å². The van der Waals surface area contributed by atoms with Gasteiger partial charge >= 0.3 is 0 Å². The summed E-state index contributed by atoms with van der Waals surface area (Å²) in [6, 6.07) is 17.3. The van der Waals surface area contributed by atoms with Crippen molar-refractivity contribution in [3.05, 3.63) is 88.0 Å². The van der Waals surface area contributed by atoms with Crippen LogP contribution in [-0.4, -0.2) is 15.3 Å². The molecule has 0 atom stereocenters. The number of rotatable bonds is 3. The van der Waals surface area contributed by atoms with E-state index in [4.69, 9.17) is 0 Å². The lowest BCUT2D eigenvalue weighted by atomic mass is 9.75. The first-order chi connectivity index (χ1) is 15.5. The predicted molar refractivity (Wildman–Crippen MR) is 141 cm³/mol. The van der Waals surface area contributed by atoms with E-state index in [-0.39, 0.29) is 33.5 Å². The van der Waals surface area contributed by atoms with Crippen LogP contribution < -0.4 is 0 Å². The second-order valence-corrected chi connectivity index (χ2v) is 12.4. The van der Waals surface area contributed by atoms with Gasteiger partial charge in [0.05, 0.1) is 0 Å². The molecular formula is C31H40O3. The lowest BCUT2D eigenvalue weighted by Gasteiger charge is -2.30. The molecule has 0 saturated carbocycles. The van der Waals surface area contributed by atoms with Gasteiger partial charge < -0.3 is 15.3 Å². The van der Waals surface area contributed by atoms with Crippen molar-refractivity contribution in [2.75, 3.05) is 0 Å². The van der Waals surface area contributed by atoms with Gasteiger partial charge in [-0.15, -0.1) is 0 Å². The second kappa shape index (κ2) is 8.69. The van der Waals surface area contributed by atoms with Gasteiger partial charge in [-0.3, -0.25) is 0 Å². The molecule has 3 N–H and O–H groups in total. The highest BCUT2D eigenvalue weighted by molar-refractivity contribution is 5.61. The summed E-state index contributed by atoms with van der Waals surface area (Å²) < 4.78 is 0. The average molecular weight is 461 g/mol. The van der Waals surface area contributed by atoms with Crippen LogP contribution in [0, 0.1) is 0 Å². The monoisotopic (exact) mass is 460 g/mol. The van der Waals surface area contributed by atoms with Crippen molar-refractivity contribution in [3.63, 3.8) is 0 Å². The predicted octanol–water partition coefficient (Wildman–Crippen LogP) is 7.88. The van der Waals surface area contributed by atoms with E-state index in [1.165, 1.54) is 0 Å². The summed E-state index contributed by atoms with van der Waals surface area (Å²) in [4.78, 5) is 0. The Hall–Kier alpha value is -2.94. The molecule has 0 aliphatic carbocycles. The van der Waals surface area contributed by atoms with Gasteiger partial charge in [-0.2, -0.15) is 0 Å². The van der Waals surface area contributed by atoms with Gasteiger partial charge in [0.2, 0.25) is 0 Å². The first-order valence-electron chi connectivity index (χ1n) is 12.0. The third-order valence-electron chi connectivity index (χ3n) is 6.56. The molecule has 0 aliphatic rings. The number of phenolic OH excluding ortho intramolecular Hbond substituents is 3. The third-order valence-corrected chi connectivity index (χ3v) is 6.56. The van der Waals surface area contributed by atoms with Crippen molar-refractivity contribution in [2.24, 2.45) is 0 Å². The zero-order valence-electron chi connectivity index (χ0n) is 22.1. The zero-order chi connectivity index (χ0) is 25.6.